The van der Waals surface area contributed by atoms with Crippen molar-refractivity contribution in [2.24, 2.45) is 11.8 Å². The van der Waals surface area contributed by atoms with Crippen LogP contribution in [-0.4, -0.2) is 46.6 Å². The predicted molar refractivity (Wildman–Crippen MR) is 117 cm³/mol. The number of oxazole rings is 1. The van der Waals surface area contributed by atoms with Crippen LogP contribution in [0, 0.1) is 18.8 Å². The van der Waals surface area contributed by atoms with E-state index in [2.05, 4.69) is 20.2 Å². The SMILES string of the molecule is Cc1ncc(-c2ccc3cnc(NC(=O)[C@H]4CC[C@@H](CN5CC(F)C5)CC4)cc3c2)o1. The number of nitrogens with one attached hydrogen (secondary N) is 1. The molecule has 1 aromatic carbocycles. The van der Waals surface area contributed by atoms with E-state index >= 15 is 0 Å². The maximum atomic E-state index is 13.0. The number of carbonyl (C=O) groups is 1. The predicted octanol–water partition coefficient (Wildman–Crippen LogP) is 4.60. The van der Waals surface area contributed by atoms with Gasteiger partial charge >= 0.3 is 0 Å². The van der Waals surface area contributed by atoms with Crippen LogP contribution < -0.4 is 5.32 Å². The van der Waals surface area contributed by atoms with Gasteiger partial charge in [-0.25, -0.2) is 14.4 Å². The van der Waals surface area contributed by atoms with E-state index < -0.39 is 6.17 Å². The number of fused-ring (bicyclic) bond motifs is 1. The second-order valence-corrected chi connectivity index (χ2v) is 8.90. The molecule has 6 nitrogen and oxygen atoms in total. The van der Waals surface area contributed by atoms with Crippen molar-refractivity contribution in [1.29, 1.82) is 0 Å². The first-order valence-corrected chi connectivity index (χ1v) is 11.0. The van der Waals surface area contributed by atoms with Crippen molar-refractivity contribution in [3.8, 4) is 11.3 Å². The molecule has 2 aromatic heterocycles. The Morgan fingerprint density at radius 2 is 1.94 bits per heavy atom. The number of likely N-dealkylation sites (tertiary alicyclic amines) is 1. The number of alkyl halides is 1. The minimum Gasteiger partial charge on any atom is -0.441 e. The molecule has 2 fully saturated rings. The van der Waals surface area contributed by atoms with Crippen LogP contribution in [0.25, 0.3) is 22.1 Å². The fourth-order valence-corrected chi connectivity index (χ4v) is 4.71. The topological polar surface area (TPSA) is 71.3 Å². The molecule has 0 unspecified atom stereocenters. The van der Waals surface area contributed by atoms with Crippen LogP contribution >= 0.6 is 0 Å². The molecule has 1 aliphatic carbocycles. The molecule has 0 atom stereocenters. The standard InChI is InChI=1S/C24H27FN4O2/c1-15-26-11-22(31-15)18-6-7-19-10-27-23(9-20(19)8-18)28-24(30)17-4-2-16(3-5-17)12-29-13-21(25)14-29/h6-11,16-17,21H,2-5,12-14H2,1H3,(H,27,28,30)/t16-,17+. The maximum absolute atomic E-state index is 13.0. The number of benzene rings is 1. The van der Waals surface area contributed by atoms with E-state index in [-0.39, 0.29) is 11.8 Å². The minimum absolute atomic E-state index is 0.0163. The molecule has 3 heterocycles. The molecule has 7 heteroatoms. The van der Waals surface area contributed by atoms with Gasteiger partial charge in [0.15, 0.2) is 11.7 Å². The first-order chi connectivity index (χ1) is 15.0. The summed E-state index contributed by atoms with van der Waals surface area (Å²) in [5, 5.41) is 4.99. The average Bonchev–Trinajstić information content (AvgIpc) is 3.19. The summed E-state index contributed by atoms with van der Waals surface area (Å²) < 4.78 is 18.6. The van der Waals surface area contributed by atoms with Crippen molar-refractivity contribution in [2.45, 2.75) is 38.8 Å². The quantitative estimate of drug-likeness (QED) is 0.651. The highest BCUT2D eigenvalue weighted by molar-refractivity contribution is 5.94. The van der Waals surface area contributed by atoms with Gasteiger partial charge in [0.05, 0.1) is 6.20 Å². The van der Waals surface area contributed by atoms with Crippen molar-refractivity contribution in [2.75, 3.05) is 25.0 Å². The number of hydrogen-bond donors (Lipinski definition) is 1. The number of aryl methyl sites for hydroxylation is 1. The van der Waals surface area contributed by atoms with E-state index in [1.165, 1.54) is 0 Å². The molecule has 2 aliphatic rings. The Balaban J connectivity index is 1.21. The van der Waals surface area contributed by atoms with Crippen molar-refractivity contribution in [3.05, 3.63) is 42.5 Å². The zero-order valence-corrected chi connectivity index (χ0v) is 17.7. The second-order valence-electron chi connectivity index (χ2n) is 8.90. The van der Waals surface area contributed by atoms with Crippen LogP contribution in [-0.2, 0) is 4.79 Å². The molecule has 162 valence electrons. The molecule has 0 bridgehead atoms. The van der Waals surface area contributed by atoms with E-state index in [4.69, 9.17) is 4.42 Å². The zero-order chi connectivity index (χ0) is 21.4. The zero-order valence-electron chi connectivity index (χ0n) is 17.7. The Kier molecular flexibility index (Phi) is 5.44. The van der Waals surface area contributed by atoms with Gasteiger partial charge in [0.25, 0.3) is 0 Å². The summed E-state index contributed by atoms with van der Waals surface area (Å²) in [5.41, 5.74) is 0.941. The summed E-state index contributed by atoms with van der Waals surface area (Å²) in [6.07, 6.45) is 6.66. The third kappa shape index (κ3) is 4.46. The maximum Gasteiger partial charge on any atom is 0.228 e. The molecule has 1 saturated heterocycles. The summed E-state index contributed by atoms with van der Waals surface area (Å²) in [6.45, 7) is 3.94. The molecule has 1 amide bonds. The Hall–Kier alpha value is -2.80. The summed E-state index contributed by atoms with van der Waals surface area (Å²) in [4.78, 5) is 23.6. The average molecular weight is 423 g/mol. The Morgan fingerprint density at radius 3 is 2.65 bits per heavy atom. The van der Waals surface area contributed by atoms with Crippen LogP contribution in [0.15, 0.2) is 41.1 Å². The van der Waals surface area contributed by atoms with Gasteiger partial charge in [-0.1, -0.05) is 12.1 Å². The lowest BCUT2D eigenvalue weighted by atomic mass is 9.81. The third-order valence-corrected chi connectivity index (χ3v) is 6.53. The van der Waals surface area contributed by atoms with Crippen LogP contribution in [0.1, 0.15) is 31.6 Å². The van der Waals surface area contributed by atoms with E-state index in [1.54, 1.807) is 12.4 Å². The summed E-state index contributed by atoms with van der Waals surface area (Å²) in [5.74, 6) is 2.55. The minimum atomic E-state index is -0.646. The first kappa shape index (κ1) is 20.1. The van der Waals surface area contributed by atoms with Crippen molar-refractivity contribution < 1.29 is 13.6 Å². The van der Waals surface area contributed by atoms with E-state index in [0.717, 1.165) is 54.3 Å². The highest BCUT2D eigenvalue weighted by Gasteiger charge is 2.31. The lowest BCUT2D eigenvalue weighted by Crippen LogP contribution is -2.50. The lowest BCUT2D eigenvalue weighted by molar-refractivity contribution is -0.121. The molecular weight excluding hydrogens is 395 g/mol. The van der Waals surface area contributed by atoms with E-state index in [9.17, 15) is 9.18 Å². The number of rotatable bonds is 5. The first-order valence-electron chi connectivity index (χ1n) is 11.0. The van der Waals surface area contributed by atoms with Gasteiger partial charge in [0, 0.05) is 49.6 Å². The number of aromatic nitrogens is 2. The monoisotopic (exact) mass is 422 g/mol. The third-order valence-electron chi connectivity index (χ3n) is 6.53. The smallest absolute Gasteiger partial charge is 0.228 e. The number of halogens is 1. The molecule has 1 saturated carbocycles. The summed E-state index contributed by atoms with van der Waals surface area (Å²) in [6, 6.07) is 7.90. The normalized spacial score (nSPS) is 22.4. The largest absolute Gasteiger partial charge is 0.441 e. The molecule has 0 spiro atoms. The lowest BCUT2D eigenvalue weighted by Gasteiger charge is -2.38. The molecule has 5 rings (SSSR count). The van der Waals surface area contributed by atoms with Gasteiger partial charge in [-0.2, -0.15) is 0 Å². The van der Waals surface area contributed by atoms with E-state index in [0.29, 0.717) is 30.7 Å². The van der Waals surface area contributed by atoms with Gasteiger partial charge in [0.1, 0.15) is 12.0 Å². The van der Waals surface area contributed by atoms with Gasteiger partial charge in [-0.15, -0.1) is 0 Å². The number of carbonyl (C=O) groups excluding carboxylic acids is 1. The molecule has 1 N–H and O–H groups in total. The molecule has 31 heavy (non-hydrogen) atoms. The highest BCUT2D eigenvalue weighted by atomic mass is 19.1. The highest BCUT2D eigenvalue weighted by Crippen LogP contribution is 2.32. The van der Waals surface area contributed by atoms with Crippen LogP contribution in [0.5, 0.6) is 0 Å². The van der Waals surface area contributed by atoms with Gasteiger partial charge in [-0.3, -0.25) is 9.69 Å². The number of anilines is 1. The Labute approximate surface area is 180 Å². The van der Waals surface area contributed by atoms with Gasteiger partial charge in [0.2, 0.25) is 5.91 Å². The fraction of sp³-hybridized carbons (Fsp3) is 0.458. The summed E-state index contributed by atoms with van der Waals surface area (Å²) >= 11 is 0. The second kappa shape index (κ2) is 8.38. The Bertz CT molecular complexity index is 1080. The summed E-state index contributed by atoms with van der Waals surface area (Å²) in [7, 11) is 0. The molecule has 0 radical (unpaired) electrons. The van der Waals surface area contributed by atoms with E-state index in [1.807, 2.05) is 31.2 Å². The molecule has 3 aromatic rings. The van der Waals surface area contributed by atoms with Gasteiger partial charge in [-0.05, 0) is 49.1 Å². The van der Waals surface area contributed by atoms with Crippen LogP contribution in [0.2, 0.25) is 0 Å². The number of amides is 1. The fourth-order valence-electron chi connectivity index (χ4n) is 4.71. The van der Waals surface area contributed by atoms with Gasteiger partial charge < -0.3 is 9.73 Å². The van der Waals surface area contributed by atoms with Crippen molar-refractivity contribution in [1.82, 2.24) is 14.9 Å². The number of nitrogens with zero attached hydrogens (tertiary/aromatic N) is 3. The van der Waals surface area contributed by atoms with Crippen LogP contribution in [0.3, 0.4) is 0 Å². The van der Waals surface area contributed by atoms with Crippen molar-refractivity contribution in [3.63, 3.8) is 0 Å². The van der Waals surface area contributed by atoms with Crippen molar-refractivity contribution >= 4 is 22.5 Å². The van der Waals surface area contributed by atoms with Crippen LogP contribution in [0.4, 0.5) is 10.2 Å². The molecular formula is C24H27FN4O2. The molecule has 1 aliphatic heterocycles. The number of pyridine rings is 1. The Morgan fingerprint density at radius 1 is 1.13 bits per heavy atom. The number of hydrogen-bond acceptors (Lipinski definition) is 5.